The lowest BCUT2D eigenvalue weighted by molar-refractivity contribution is 0.0792. The predicted octanol–water partition coefficient (Wildman–Crippen LogP) is 1.40. The Kier molecular flexibility index (Phi) is 6.14. The Hall–Kier alpha value is -2.51. The van der Waals surface area contributed by atoms with Crippen molar-refractivity contribution in [2.24, 2.45) is 0 Å². The van der Waals surface area contributed by atoms with Gasteiger partial charge in [0.25, 0.3) is 5.91 Å². The third-order valence-electron chi connectivity index (χ3n) is 4.58. The third-order valence-corrected chi connectivity index (χ3v) is 4.58. The molecule has 3 N–H and O–H groups in total. The quantitative estimate of drug-likeness (QED) is 0.726. The summed E-state index contributed by atoms with van der Waals surface area (Å²) >= 11 is 0. The lowest BCUT2D eigenvalue weighted by Crippen LogP contribution is -2.35. The number of carbonyl (C=O) groups is 1. The normalized spacial score (nSPS) is 15.6. The molecule has 26 heavy (non-hydrogen) atoms. The van der Waals surface area contributed by atoms with Gasteiger partial charge in [0.2, 0.25) is 0 Å². The molecule has 0 radical (unpaired) electrons. The molecule has 1 fully saturated rings. The number of nitrogens with zero attached hydrogens (tertiary/aromatic N) is 3. The molecule has 2 heterocycles. The fourth-order valence-electron chi connectivity index (χ4n) is 2.97. The van der Waals surface area contributed by atoms with E-state index < -0.39 is 0 Å². The van der Waals surface area contributed by atoms with Gasteiger partial charge >= 0.3 is 0 Å². The average molecular weight is 355 g/mol. The summed E-state index contributed by atoms with van der Waals surface area (Å²) in [6.07, 6.45) is 1.59. The van der Waals surface area contributed by atoms with Gasteiger partial charge in [0, 0.05) is 33.2 Å². The molecular weight excluding hydrogens is 330 g/mol. The molecule has 7 heteroatoms. The molecule has 0 aliphatic carbocycles. The van der Waals surface area contributed by atoms with Crippen molar-refractivity contribution in [2.75, 3.05) is 25.5 Å². The molecule has 138 valence electrons. The first-order valence-corrected chi connectivity index (χ1v) is 8.92. The van der Waals surface area contributed by atoms with E-state index in [4.69, 9.17) is 0 Å². The van der Waals surface area contributed by atoms with Crippen molar-refractivity contribution in [1.29, 1.82) is 0 Å². The zero-order valence-corrected chi connectivity index (χ0v) is 15.0. The fraction of sp³-hybridized carbons (Fsp3) is 0.421. The molecule has 0 spiro atoms. The summed E-state index contributed by atoms with van der Waals surface area (Å²) in [6.45, 7) is 3.47. The highest BCUT2D eigenvalue weighted by Crippen LogP contribution is 2.14. The summed E-state index contributed by atoms with van der Waals surface area (Å²) < 4.78 is 0. The van der Waals surface area contributed by atoms with Crippen LogP contribution in [0.4, 0.5) is 5.82 Å². The molecule has 1 amide bonds. The van der Waals surface area contributed by atoms with Crippen molar-refractivity contribution in [3.05, 3.63) is 53.2 Å². The Labute approximate surface area is 153 Å². The average Bonchev–Trinajstić information content (AvgIpc) is 2.69. The van der Waals surface area contributed by atoms with Crippen LogP contribution in [-0.4, -0.2) is 52.4 Å². The Morgan fingerprint density at radius 1 is 1.12 bits per heavy atom. The number of amides is 1. The second kappa shape index (κ2) is 8.73. The van der Waals surface area contributed by atoms with Crippen LogP contribution in [0.5, 0.6) is 0 Å². The molecule has 1 aliphatic heterocycles. The number of rotatable bonds is 6. The van der Waals surface area contributed by atoms with E-state index in [0.29, 0.717) is 18.1 Å². The smallest absolute Gasteiger partial charge is 0.271 e. The van der Waals surface area contributed by atoms with Crippen molar-refractivity contribution in [3.8, 4) is 0 Å². The van der Waals surface area contributed by atoms with Gasteiger partial charge in [-0.1, -0.05) is 24.3 Å². The van der Waals surface area contributed by atoms with Gasteiger partial charge in [-0.25, -0.2) is 0 Å². The number of benzene rings is 1. The molecule has 0 atom stereocenters. The minimum absolute atomic E-state index is 0.131. The van der Waals surface area contributed by atoms with Crippen LogP contribution in [0.2, 0.25) is 0 Å². The SMILES string of the molecule is CNC(=O)c1ccc(NCc2ccc(CN3CCC(O)CC3)cc2)nn1. The number of hydrogen-bond acceptors (Lipinski definition) is 6. The second-order valence-electron chi connectivity index (χ2n) is 6.56. The van der Waals surface area contributed by atoms with E-state index in [9.17, 15) is 9.90 Å². The van der Waals surface area contributed by atoms with Crippen LogP contribution in [0, 0.1) is 0 Å². The Morgan fingerprint density at radius 3 is 2.42 bits per heavy atom. The number of aliphatic hydroxyl groups excluding tert-OH is 1. The van der Waals surface area contributed by atoms with Crippen LogP contribution >= 0.6 is 0 Å². The van der Waals surface area contributed by atoms with Gasteiger partial charge < -0.3 is 15.7 Å². The number of aliphatic hydroxyl groups is 1. The van der Waals surface area contributed by atoms with E-state index >= 15 is 0 Å². The minimum Gasteiger partial charge on any atom is -0.393 e. The van der Waals surface area contributed by atoms with Crippen LogP contribution in [0.1, 0.15) is 34.5 Å². The molecule has 1 aromatic carbocycles. The topological polar surface area (TPSA) is 90.4 Å². The number of carbonyl (C=O) groups excluding carboxylic acids is 1. The first-order chi connectivity index (χ1) is 12.6. The first kappa shape index (κ1) is 18.3. The van der Waals surface area contributed by atoms with Crippen LogP contribution < -0.4 is 10.6 Å². The van der Waals surface area contributed by atoms with Crippen LogP contribution in [-0.2, 0) is 13.1 Å². The Balaban J connectivity index is 1.49. The van der Waals surface area contributed by atoms with Gasteiger partial charge in [-0.3, -0.25) is 9.69 Å². The van der Waals surface area contributed by atoms with Gasteiger partial charge in [0.1, 0.15) is 5.82 Å². The Bertz CT molecular complexity index is 710. The maximum absolute atomic E-state index is 11.4. The number of anilines is 1. The zero-order valence-electron chi connectivity index (χ0n) is 15.0. The summed E-state index contributed by atoms with van der Waals surface area (Å²) in [5.74, 6) is 0.386. The minimum atomic E-state index is -0.247. The molecule has 0 unspecified atom stereocenters. The highest BCUT2D eigenvalue weighted by molar-refractivity contribution is 5.91. The predicted molar refractivity (Wildman–Crippen MR) is 99.7 cm³/mol. The standard InChI is InChI=1S/C19H25N5O2/c1-20-19(26)17-6-7-18(23-22-17)21-12-14-2-4-15(5-3-14)13-24-10-8-16(25)9-11-24/h2-7,16,25H,8-13H2,1H3,(H,20,26)(H,21,23). The lowest BCUT2D eigenvalue weighted by Gasteiger charge is -2.29. The summed E-state index contributed by atoms with van der Waals surface area (Å²) in [7, 11) is 1.56. The Morgan fingerprint density at radius 2 is 1.81 bits per heavy atom. The van der Waals surface area contributed by atoms with E-state index in [1.807, 2.05) is 0 Å². The number of nitrogens with one attached hydrogen (secondary N) is 2. The summed E-state index contributed by atoms with van der Waals surface area (Å²) in [5.41, 5.74) is 2.73. The molecule has 0 saturated carbocycles. The molecular formula is C19H25N5O2. The summed E-state index contributed by atoms with van der Waals surface area (Å²) in [4.78, 5) is 13.8. The lowest BCUT2D eigenvalue weighted by atomic mass is 10.1. The van der Waals surface area contributed by atoms with Gasteiger partial charge in [0.05, 0.1) is 6.10 Å². The van der Waals surface area contributed by atoms with E-state index in [0.717, 1.165) is 38.0 Å². The molecule has 7 nitrogen and oxygen atoms in total. The van der Waals surface area contributed by atoms with Crippen molar-refractivity contribution >= 4 is 11.7 Å². The maximum Gasteiger partial charge on any atom is 0.271 e. The van der Waals surface area contributed by atoms with Gasteiger partial charge in [-0.05, 0) is 36.1 Å². The van der Waals surface area contributed by atoms with Crippen LogP contribution in [0.15, 0.2) is 36.4 Å². The van der Waals surface area contributed by atoms with Gasteiger partial charge in [0.15, 0.2) is 5.69 Å². The largest absolute Gasteiger partial charge is 0.393 e. The monoisotopic (exact) mass is 355 g/mol. The van der Waals surface area contributed by atoms with Crippen LogP contribution in [0.25, 0.3) is 0 Å². The van der Waals surface area contributed by atoms with E-state index in [1.54, 1.807) is 19.2 Å². The van der Waals surface area contributed by atoms with Crippen molar-refractivity contribution in [2.45, 2.75) is 32.0 Å². The van der Waals surface area contributed by atoms with Crippen molar-refractivity contribution in [3.63, 3.8) is 0 Å². The van der Waals surface area contributed by atoms with E-state index in [1.165, 1.54) is 5.56 Å². The number of piperidine rings is 1. The van der Waals surface area contributed by atoms with Gasteiger partial charge in [-0.15, -0.1) is 10.2 Å². The van der Waals surface area contributed by atoms with Crippen molar-refractivity contribution < 1.29 is 9.90 Å². The second-order valence-corrected chi connectivity index (χ2v) is 6.56. The molecule has 3 rings (SSSR count). The molecule has 1 aromatic heterocycles. The first-order valence-electron chi connectivity index (χ1n) is 8.92. The molecule has 0 bridgehead atoms. The fourth-order valence-corrected chi connectivity index (χ4v) is 2.97. The van der Waals surface area contributed by atoms with E-state index in [-0.39, 0.29) is 12.0 Å². The number of aromatic nitrogens is 2. The maximum atomic E-state index is 11.4. The summed E-state index contributed by atoms with van der Waals surface area (Å²) in [5, 5.41) is 23.2. The van der Waals surface area contributed by atoms with E-state index in [2.05, 4.69) is 50.0 Å². The zero-order chi connectivity index (χ0) is 18.4. The highest BCUT2D eigenvalue weighted by atomic mass is 16.3. The van der Waals surface area contributed by atoms with Gasteiger partial charge in [-0.2, -0.15) is 0 Å². The van der Waals surface area contributed by atoms with Crippen LogP contribution in [0.3, 0.4) is 0 Å². The number of hydrogen-bond donors (Lipinski definition) is 3. The molecule has 1 saturated heterocycles. The highest BCUT2D eigenvalue weighted by Gasteiger charge is 2.16. The molecule has 1 aliphatic rings. The van der Waals surface area contributed by atoms with Crippen molar-refractivity contribution in [1.82, 2.24) is 20.4 Å². The summed E-state index contributed by atoms with van der Waals surface area (Å²) in [6, 6.07) is 11.9. The molecule has 2 aromatic rings. The number of likely N-dealkylation sites (tertiary alicyclic amines) is 1. The third kappa shape index (κ3) is 5.00.